The van der Waals surface area contributed by atoms with E-state index in [-0.39, 0.29) is 5.91 Å². The first kappa shape index (κ1) is 12.8. The summed E-state index contributed by atoms with van der Waals surface area (Å²) in [5.74, 6) is 0.468. The molecule has 1 aliphatic carbocycles. The van der Waals surface area contributed by atoms with Gasteiger partial charge < -0.3 is 15.4 Å². The van der Waals surface area contributed by atoms with E-state index in [1.54, 1.807) is 20.2 Å². The molecule has 1 fully saturated rings. The number of aromatic nitrogens is 1. The van der Waals surface area contributed by atoms with Crippen molar-refractivity contribution in [1.82, 2.24) is 15.6 Å². The number of carbonyl (C=O) groups excluding carboxylic acids is 1. The predicted octanol–water partition coefficient (Wildman–Crippen LogP) is 0.847. The molecule has 1 heterocycles. The molecule has 0 aliphatic heterocycles. The topological polar surface area (TPSA) is 63.2 Å². The van der Waals surface area contributed by atoms with Gasteiger partial charge in [0, 0.05) is 19.6 Å². The molecule has 2 N–H and O–H groups in total. The van der Waals surface area contributed by atoms with Crippen LogP contribution in [-0.4, -0.2) is 30.1 Å². The van der Waals surface area contributed by atoms with Crippen molar-refractivity contribution in [2.24, 2.45) is 0 Å². The zero-order valence-corrected chi connectivity index (χ0v) is 10.8. The molecule has 1 unspecified atom stereocenters. The zero-order chi connectivity index (χ0) is 13.0. The predicted molar refractivity (Wildman–Crippen MR) is 68.3 cm³/mol. The second kappa shape index (κ2) is 5.82. The number of likely N-dealkylation sites (N-methyl/N-ethyl adjacent to an activating group) is 1. The van der Waals surface area contributed by atoms with E-state index in [2.05, 4.69) is 15.6 Å². The Hall–Kier alpha value is -1.62. The molecule has 1 aromatic rings. The Morgan fingerprint density at radius 2 is 2.33 bits per heavy atom. The quantitative estimate of drug-likeness (QED) is 0.784. The van der Waals surface area contributed by atoms with Gasteiger partial charge in [0.05, 0.1) is 11.9 Å². The second-order valence-electron chi connectivity index (χ2n) is 4.51. The highest BCUT2D eigenvalue weighted by Gasteiger charge is 2.20. The van der Waals surface area contributed by atoms with Gasteiger partial charge in [-0.2, -0.15) is 0 Å². The van der Waals surface area contributed by atoms with Crippen molar-refractivity contribution in [3.63, 3.8) is 0 Å². The average molecular weight is 249 g/mol. The minimum absolute atomic E-state index is 0.144. The van der Waals surface area contributed by atoms with Crippen molar-refractivity contribution < 1.29 is 9.53 Å². The van der Waals surface area contributed by atoms with Crippen molar-refractivity contribution in [1.29, 1.82) is 0 Å². The van der Waals surface area contributed by atoms with Crippen molar-refractivity contribution in [2.75, 3.05) is 7.05 Å². The number of amides is 1. The first-order chi connectivity index (χ1) is 8.69. The molecule has 2 rings (SSSR count). The molecule has 1 atom stereocenters. The Kier molecular flexibility index (Phi) is 4.15. The molecule has 1 aliphatic rings. The highest BCUT2D eigenvalue weighted by molar-refractivity contribution is 5.80. The van der Waals surface area contributed by atoms with E-state index in [1.165, 1.54) is 12.8 Å². The molecule has 0 saturated heterocycles. The molecule has 0 radical (unpaired) electrons. The van der Waals surface area contributed by atoms with Crippen LogP contribution in [0.5, 0.6) is 5.75 Å². The summed E-state index contributed by atoms with van der Waals surface area (Å²) in [6.07, 6.45) is 3.69. The molecule has 1 saturated carbocycles. The summed E-state index contributed by atoms with van der Waals surface area (Å²) in [5, 5.41) is 5.93. The maximum Gasteiger partial charge on any atom is 0.260 e. The highest BCUT2D eigenvalue weighted by Crippen LogP contribution is 2.19. The number of nitrogens with zero attached hydrogens (tertiary/aromatic N) is 1. The smallest absolute Gasteiger partial charge is 0.260 e. The Labute approximate surface area is 107 Å². The fraction of sp³-hybridized carbons (Fsp3) is 0.538. The third-order valence-electron chi connectivity index (χ3n) is 2.88. The Morgan fingerprint density at radius 3 is 2.89 bits per heavy atom. The molecular weight excluding hydrogens is 230 g/mol. The number of hydrogen-bond acceptors (Lipinski definition) is 4. The van der Waals surface area contributed by atoms with Crippen LogP contribution in [0.25, 0.3) is 0 Å². The van der Waals surface area contributed by atoms with Gasteiger partial charge in [-0.1, -0.05) is 0 Å². The molecule has 1 aromatic heterocycles. The summed E-state index contributed by atoms with van der Waals surface area (Å²) >= 11 is 0. The number of pyridine rings is 1. The lowest BCUT2D eigenvalue weighted by atomic mass is 10.3. The summed E-state index contributed by atoms with van der Waals surface area (Å²) in [6, 6.07) is 4.44. The van der Waals surface area contributed by atoms with E-state index in [0.29, 0.717) is 11.8 Å². The third-order valence-corrected chi connectivity index (χ3v) is 2.88. The first-order valence-electron chi connectivity index (χ1n) is 6.25. The second-order valence-corrected chi connectivity index (χ2v) is 4.51. The van der Waals surface area contributed by atoms with Crippen molar-refractivity contribution in [3.05, 3.63) is 24.0 Å². The van der Waals surface area contributed by atoms with E-state index in [0.717, 1.165) is 12.2 Å². The van der Waals surface area contributed by atoms with Crippen LogP contribution in [0.1, 0.15) is 25.5 Å². The monoisotopic (exact) mass is 249 g/mol. The Bertz CT molecular complexity index is 401. The summed E-state index contributed by atoms with van der Waals surface area (Å²) < 4.78 is 5.46. The summed E-state index contributed by atoms with van der Waals surface area (Å²) in [6.45, 7) is 2.50. The minimum atomic E-state index is -0.507. The lowest BCUT2D eigenvalue weighted by molar-refractivity contribution is -0.126. The van der Waals surface area contributed by atoms with Gasteiger partial charge >= 0.3 is 0 Å². The SMILES string of the molecule is CNC(=O)C(C)Oc1ccc(CNC2CC2)nc1. The molecule has 0 aromatic carbocycles. The van der Waals surface area contributed by atoms with Crippen LogP contribution >= 0.6 is 0 Å². The summed E-state index contributed by atoms with van der Waals surface area (Å²) in [4.78, 5) is 15.6. The lowest BCUT2D eigenvalue weighted by Gasteiger charge is -2.13. The molecular formula is C13H19N3O2. The van der Waals surface area contributed by atoms with Crippen LogP contribution < -0.4 is 15.4 Å². The summed E-state index contributed by atoms with van der Waals surface area (Å²) in [5.41, 5.74) is 0.988. The van der Waals surface area contributed by atoms with Crippen LogP contribution in [-0.2, 0) is 11.3 Å². The van der Waals surface area contributed by atoms with Crippen molar-refractivity contribution in [2.45, 2.75) is 38.5 Å². The number of hydrogen-bond donors (Lipinski definition) is 2. The van der Waals surface area contributed by atoms with Gasteiger partial charge in [0.25, 0.3) is 5.91 Å². The van der Waals surface area contributed by atoms with Gasteiger partial charge in [0.1, 0.15) is 5.75 Å². The number of carbonyl (C=O) groups is 1. The maximum absolute atomic E-state index is 11.3. The van der Waals surface area contributed by atoms with Crippen LogP contribution in [0.4, 0.5) is 0 Å². The maximum atomic E-state index is 11.3. The van der Waals surface area contributed by atoms with E-state index in [4.69, 9.17) is 4.74 Å². The molecule has 5 heteroatoms. The molecule has 98 valence electrons. The Morgan fingerprint density at radius 1 is 1.56 bits per heavy atom. The van der Waals surface area contributed by atoms with E-state index < -0.39 is 6.10 Å². The van der Waals surface area contributed by atoms with Gasteiger partial charge in [0.15, 0.2) is 6.10 Å². The van der Waals surface area contributed by atoms with Crippen molar-refractivity contribution >= 4 is 5.91 Å². The van der Waals surface area contributed by atoms with E-state index in [9.17, 15) is 4.79 Å². The average Bonchev–Trinajstić information content (AvgIpc) is 3.21. The summed E-state index contributed by atoms with van der Waals surface area (Å²) in [7, 11) is 1.59. The van der Waals surface area contributed by atoms with Crippen LogP contribution in [0, 0.1) is 0 Å². The van der Waals surface area contributed by atoms with Gasteiger partial charge in [0.2, 0.25) is 0 Å². The molecule has 18 heavy (non-hydrogen) atoms. The van der Waals surface area contributed by atoms with Gasteiger partial charge in [-0.3, -0.25) is 9.78 Å². The largest absolute Gasteiger partial charge is 0.479 e. The standard InChI is InChI=1S/C13H19N3O2/c1-9(13(17)14-2)18-12-6-5-11(16-8-12)7-15-10-3-4-10/h5-6,8-10,15H,3-4,7H2,1-2H3,(H,14,17). The van der Waals surface area contributed by atoms with Crippen LogP contribution in [0.15, 0.2) is 18.3 Å². The lowest BCUT2D eigenvalue weighted by Crippen LogP contribution is -2.33. The van der Waals surface area contributed by atoms with Gasteiger partial charge in [-0.15, -0.1) is 0 Å². The van der Waals surface area contributed by atoms with E-state index >= 15 is 0 Å². The zero-order valence-electron chi connectivity index (χ0n) is 10.8. The van der Waals surface area contributed by atoms with E-state index in [1.807, 2.05) is 12.1 Å². The normalized spacial score (nSPS) is 16.1. The fourth-order valence-corrected chi connectivity index (χ4v) is 1.58. The highest BCUT2D eigenvalue weighted by atomic mass is 16.5. The minimum Gasteiger partial charge on any atom is -0.479 e. The molecule has 0 bridgehead atoms. The number of nitrogens with one attached hydrogen (secondary N) is 2. The molecule has 5 nitrogen and oxygen atoms in total. The van der Waals surface area contributed by atoms with Gasteiger partial charge in [-0.25, -0.2) is 0 Å². The molecule has 0 spiro atoms. The number of ether oxygens (including phenoxy) is 1. The van der Waals surface area contributed by atoms with Crippen LogP contribution in [0.2, 0.25) is 0 Å². The molecule has 1 amide bonds. The number of rotatable bonds is 6. The third kappa shape index (κ3) is 3.70. The van der Waals surface area contributed by atoms with Crippen LogP contribution in [0.3, 0.4) is 0 Å². The Balaban J connectivity index is 1.84. The fourth-order valence-electron chi connectivity index (χ4n) is 1.58. The van der Waals surface area contributed by atoms with Crippen molar-refractivity contribution in [3.8, 4) is 5.75 Å². The van der Waals surface area contributed by atoms with Gasteiger partial charge in [-0.05, 0) is 31.9 Å². The first-order valence-corrected chi connectivity index (χ1v) is 6.25.